The molecule has 3 rings (SSSR count). The maximum Gasteiger partial charge on any atom is 0.261 e. The van der Waals surface area contributed by atoms with Crippen molar-refractivity contribution in [1.82, 2.24) is 10.2 Å². The van der Waals surface area contributed by atoms with E-state index in [0.29, 0.717) is 13.0 Å². The molecule has 4 nitrogen and oxygen atoms in total. The summed E-state index contributed by atoms with van der Waals surface area (Å²) in [6, 6.07) is 14.4. The fourth-order valence-corrected chi connectivity index (χ4v) is 3.36. The second kappa shape index (κ2) is 9.51. The van der Waals surface area contributed by atoms with Gasteiger partial charge in [-0.3, -0.25) is 9.69 Å². The van der Waals surface area contributed by atoms with Gasteiger partial charge in [0, 0.05) is 13.1 Å². The van der Waals surface area contributed by atoms with E-state index in [1.807, 2.05) is 19.1 Å². The molecule has 0 radical (unpaired) electrons. The van der Waals surface area contributed by atoms with Gasteiger partial charge in [-0.05, 0) is 55.6 Å². The Hall–Kier alpha value is -2.40. The lowest BCUT2D eigenvalue weighted by Crippen LogP contribution is -2.37. The third-order valence-electron chi connectivity index (χ3n) is 4.83. The number of rotatable bonds is 8. The van der Waals surface area contributed by atoms with E-state index in [-0.39, 0.29) is 11.7 Å². The van der Waals surface area contributed by atoms with Crippen LogP contribution in [0.25, 0.3) is 0 Å². The van der Waals surface area contributed by atoms with E-state index in [4.69, 9.17) is 4.74 Å². The summed E-state index contributed by atoms with van der Waals surface area (Å²) in [5.41, 5.74) is 2.32. The quantitative estimate of drug-likeness (QED) is 0.766. The highest BCUT2D eigenvalue weighted by Crippen LogP contribution is 2.18. The maximum atomic E-state index is 13.8. The molecule has 144 valence electrons. The van der Waals surface area contributed by atoms with Crippen molar-refractivity contribution in [3.05, 3.63) is 65.5 Å². The van der Waals surface area contributed by atoms with E-state index < -0.39 is 11.9 Å². The Morgan fingerprint density at radius 3 is 2.63 bits per heavy atom. The monoisotopic (exact) mass is 370 g/mol. The van der Waals surface area contributed by atoms with Crippen LogP contribution in [0, 0.1) is 5.82 Å². The summed E-state index contributed by atoms with van der Waals surface area (Å²) in [6.45, 7) is 5.56. The highest BCUT2D eigenvalue weighted by atomic mass is 19.1. The summed E-state index contributed by atoms with van der Waals surface area (Å²) in [5, 5.41) is 2.91. The smallest absolute Gasteiger partial charge is 0.261 e. The van der Waals surface area contributed by atoms with Crippen LogP contribution in [-0.4, -0.2) is 30.0 Å². The number of carbonyl (C=O) groups excluding carboxylic acids is 1. The highest BCUT2D eigenvalue weighted by Gasteiger charge is 2.19. The van der Waals surface area contributed by atoms with Crippen LogP contribution in [0.15, 0.2) is 48.5 Å². The third-order valence-corrected chi connectivity index (χ3v) is 4.83. The van der Waals surface area contributed by atoms with Gasteiger partial charge in [0.1, 0.15) is 0 Å². The SMILES string of the molecule is CC[C@H](Oc1ccccc1F)C(=O)NCc1cccc(CN2CCCC2)c1. The minimum Gasteiger partial charge on any atom is -0.478 e. The van der Waals surface area contributed by atoms with Gasteiger partial charge in [-0.15, -0.1) is 0 Å². The Morgan fingerprint density at radius 1 is 1.15 bits per heavy atom. The molecule has 0 aromatic heterocycles. The van der Waals surface area contributed by atoms with Crippen LogP contribution in [0.4, 0.5) is 4.39 Å². The fraction of sp³-hybridized carbons (Fsp3) is 0.409. The van der Waals surface area contributed by atoms with Crippen LogP contribution in [0.3, 0.4) is 0 Å². The van der Waals surface area contributed by atoms with Gasteiger partial charge in [-0.2, -0.15) is 0 Å². The molecular formula is C22H27FN2O2. The Bertz CT molecular complexity index is 759. The molecule has 1 amide bonds. The first kappa shape index (κ1) is 19.4. The molecule has 2 aromatic carbocycles. The van der Waals surface area contributed by atoms with Crippen LogP contribution >= 0.6 is 0 Å². The van der Waals surface area contributed by atoms with E-state index in [1.165, 1.54) is 30.5 Å². The maximum absolute atomic E-state index is 13.8. The standard InChI is InChI=1S/C22H27FN2O2/c1-2-20(27-21-11-4-3-10-19(21)23)22(26)24-15-17-8-7-9-18(14-17)16-25-12-5-6-13-25/h3-4,7-11,14,20H,2,5-6,12-13,15-16H2,1H3,(H,24,26)/t20-/m0/s1. The Kier molecular flexibility index (Phi) is 6.82. The number of benzene rings is 2. The highest BCUT2D eigenvalue weighted by molar-refractivity contribution is 5.81. The van der Waals surface area contributed by atoms with Crippen molar-refractivity contribution in [2.24, 2.45) is 0 Å². The number of para-hydroxylation sites is 1. The number of hydrogen-bond acceptors (Lipinski definition) is 3. The van der Waals surface area contributed by atoms with Crippen molar-refractivity contribution >= 4 is 5.91 Å². The average molecular weight is 370 g/mol. The fourth-order valence-electron chi connectivity index (χ4n) is 3.36. The first-order chi connectivity index (χ1) is 13.2. The molecule has 2 aromatic rings. The van der Waals surface area contributed by atoms with Gasteiger partial charge in [0.05, 0.1) is 0 Å². The molecule has 0 unspecified atom stereocenters. The van der Waals surface area contributed by atoms with Gasteiger partial charge in [-0.1, -0.05) is 43.3 Å². The molecule has 1 heterocycles. The first-order valence-corrected chi connectivity index (χ1v) is 9.65. The second-order valence-electron chi connectivity index (χ2n) is 6.97. The van der Waals surface area contributed by atoms with Gasteiger partial charge in [-0.25, -0.2) is 4.39 Å². The molecule has 27 heavy (non-hydrogen) atoms. The van der Waals surface area contributed by atoms with Crippen LogP contribution in [0.5, 0.6) is 5.75 Å². The minimum absolute atomic E-state index is 0.104. The first-order valence-electron chi connectivity index (χ1n) is 9.65. The molecule has 1 N–H and O–H groups in total. The van der Waals surface area contributed by atoms with E-state index in [1.54, 1.807) is 12.1 Å². The Balaban J connectivity index is 1.55. The van der Waals surface area contributed by atoms with Crippen LogP contribution in [0.1, 0.15) is 37.3 Å². The van der Waals surface area contributed by atoms with Gasteiger partial charge < -0.3 is 10.1 Å². The molecule has 5 heteroatoms. The predicted octanol–water partition coefficient (Wildman–Crippen LogP) is 3.90. The number of nitrogens with zero attached hydrogens (tertiary/aromatic N) is 1. The minimum atomic E-state index is -0.713. The van der Waals surface area contributed by atoms with Gasteiger partial charge in [0.2, 0.25) is 0 Å². The molecule has 0 bridgehead atoms. The summed E-state index contributed by atoms with van der Waals surface area (Å²) >= 11 is 0. The van der Waals surface area contributed by atoms with Crippen molar-refractivity contribution in [3.8, 4) is 5.75 Å². The van der Waals surface area contributed by atoms with Crippen molar-refractivity contribution in [2.75, 3.05) is 13.1 Å². The average Bonchev–Trinajstić information content (AvgIpc) is 3.19. The van der Waals surface area contributed by atoms with Crippen molar-refractivity contribution in [2.45, 2.75) is 45.4 Å². The summed E-state index contributed by atoms with van der Waals surface area (Å²) < 4.78 is 19.3. The lowest BCUT2D eigenvalue weighted by molar-refractivity contribution is -0.128. The Morgan fingerprint density at radius 2 is 1.89 bits per heavy atom. The number of ether oxygens (including phenoxy) is 1. The molecule has 1 fully saturated rings. The number of amides is 1. The third kappa shape index (κ3) is 5.54. The largest absolute Gasteiger partial charge is 0.478 e. The van der Waals surface area contributed by atoms with Gasteiger partial charge in [0.15, 0.2) is 17.7 Å². The molecular weight excluding hydrogens is 343 g/mol. The summed E-state index contributed by atoms with van der Waals surface area (Å²) in [6.07, 6.45) is 2.30. The van der Waals surface area contributed by atoms with Crippen LogP contribution < -0.4 is 10.1 Å². The van der Waals surface area contributed by atoms with E-state index in [2.05, 4.69) is 22.3 Å². The zero-order valence-electron chi connectivity index (χ0n) is 15.8. The summed E-state index contributed by atoms with van der Waals surface area (Å²) in [4.78, 5) is 14.9. The van der Waals surface area contributed by atoms with Crippen molar-refractivity contribution in [1.29, 1.82) is 0 Å². The topological polar surface area (TPSA) is 41.6 Å². The van der Waals surface area contributed by atoms with Gasteiger partial charge >= 0.3 is 0 Å². The molecule has 0 spiro atoms. The molecule has 0 aliphatic carbocycles. The Labute approximate surface area is 160 Å². The second-order valence-corrected chi connectivity index (χ2v) is 6.97. The number of likely N-dealkylation sites (tertiary alicyclic amines) is 1. The van der Waals surface area contributed by atoms with Crippen molar-refractivity contribution in [3.63, 3.8) is 0 Å². The number of nitrogens with one attached hydrogen (secondary N) is 1. The van der Waals surface area contributed by atoms with Gasteiger partial charge in [0.25, 0.3) is 5.91 Å². The van der Waals surface area contributed by atoms with E-state index >= 15 is 0 Å². The summed E-state index contributed by atoms with van der Waals surface area (Å²) in [5.74, 6) is -0.587. The molecule has 1 aliphatic heterocycles. The lowest BCUT2D eigenvalue weighted by atomic mass is 10.1. The normalized spacial score (nSPS) is 15.5. The zero-order chi connectivity index (χ0) is 19.1. The van der Waals surface area contributed by atoms with Crippen LogP contribution in [-0.2, 0) is 17.9 Å². The lowest BCUT2D eigenvalue weighted by Gasteiger charge is -2.18. The van der Waals surface area contributed by atoms with Crippen molar-refractivity contribution < 1.29 is 13.9 Å². The number of hydrogen-bond donors (Lipinski definition) is 1. The number of carbonyl (C=O) groups is 1. The predicted molar refractivity (Wildman–Crippen MR) is 104 cm³/mol. The number of halogens is 1. The van der Waals surface area contributed by atoms with E-state index in [0.717, 1.165) is 25.2 Å². The van der Waals surface area contributed by atoms with E-state index in [9.17, 15) is 9.18 Å². The molecule has 1 aliphatic rings. The molecule has 1 atom stereocenters. The molecule has 0 saturated carbocycles. The zero-order valence-corrected chi connectivity index (χ0v) is 15.8. The van der Waals surface area contributed by atoms with Crippen LogP contribution in [0.2, 0.25) is 0 Å². The summed E-state index contributed by atoms with van der Waals surface area (Å²) in [7, 11) is 0. The molecule has 1 saturated heterocycles.